The molecule has 6 nitrogen and oxygen atoms in total. The van der Waals surface area contributed by atoms with Crippen molar-refractivity contribution in [3.05, 3.63) is 27.9 Å². The molecule has 0 fully saturated rings. The highest BCUT2D eigenvalue weighted by Gasteiger charge is 2.10. The van der Waals surface area contributed by atoms with Crippen LogP contribution in [-0.2, 0) is 6.42 Å². The minimum absolute atomic E-state index is 0.116. The Kier molecular flexibility index (Phi) is 4.31. The third-order valence-electron chi connectivity index (χ3n) is 3.45. The number of H-pyrrole nitrogens is 1. The number of aryl methyl sites for hydroxylation is 2. The van der Waals surface area contributed by atoms with Crippen LogP contribution < -0.4 is 11.3 Å². The number of fused-ring (bicyclic) bond motifs is 1. The Bertz CT molecular complexity index is 601. The lowest BCUT2D eigenvalue weighted by Crippen LogP contribution is -2.14. The van der Waals surface area contributed by atoms with E-state index in [1.165, 1.54) is 10.6 Å². The van der Waals surface area contributed by atoms with Crippen LogP contribution >= 0.6 is 0 Å². The Balaban J connectivity index is 2.13. The quantitative estimate of drug-likeness (QED) is 0.814. The average Bonchev–Trinajstić information content (AvgIpc) is 2.77. The van der Waals surface area contributed by atoms with Gasteiger partial charge in [-0.1, -0.05) is 13.3 Å². The van der Waals surface area contributed by atoms with Crippen LogP contribution in [0.1, 0.15) is 37.7 Å². The summed E-state index contributed by atoms with van der Waals surface area (Å²) >= 11 is 0. The van der Waals surface area contributed by atoms with Gasteiger partial charge in [0, 0.05) is 18.2 Å². The third-order valence-corrected chi connectivity index (χ3v) is 3.45. The summed E-state index contributed by atoms with van der Waals surface area (Å²) in [5, 5.41) is 3.01. The summed E-state index contributed by atoms with van der Waals surface area (Å²) in [5.41, 5.74) is 6.17. The topological polar surface area (TPSA) is 89.1 Å². The predicted octanol–water partition coefficient (Wildman–Crippen LogP) is 1.03. The molecule has 0 saturated heterocycles. The van der Waals surface area contributed by atoms with Crippen LogP contribution in [0.4, 0.5) is 0 Å². The SMILES string of the molecule is CCC(CCN)CCc1nc2nc(C)cc(=O)n2[nH]1. The second kappa shape index (κ2) is 5.97. The summed E-state index contributed by atoms with van der Waals surface area (Å²) in [6, 6.07) is 1.50. The van der Waals surface area contributed by atoms with Crippen molar-refractivity contribution in [3.63, 3.8) is 0 Å². The lowest BCUT2D eigenvalue weighted by molar-refractivity contribution is 0.439. The van der Waals surface area contributed by atoms with E-state index in [-0.39, 0.29) is 5.56 Å². The summed E-state index contributed by atoms with van der Waals surface area (Å²) in [6.07, 6.45) is 4.00. The zero-order valence-electron chi connectivity index (χ0n) is 11.5. The molecule has 104 valence electrons. The maximum absolute atomic E-state index is 11.7. The molecule has 0 aliphatic carbocycles. The number of nitrogens with one attached hydrogen (secondary N) is 1. The number of nitrogens with two attached hydrogens (primary N) is 1. The fourth-order valence-corrected chi connectivity index (χ4v) is 2.28. The van der Waals surface area contributed by atoms with E-state index in [4.69, 9.17) is 5.73 Å². The van der Waals surface area contributed by atoms with Gasteiger partial charge < -0.3 is 5.73 Å². The molecule has 2 aromatic heterocycles. The minimum atomic E-state index is -0.116. The Morgan fingerprint density at radius 2 is 2.21 bits per heavy atom. The normalized spacial score (nSPS) is 13.0. The fourth-order valence-electron chi connectivity index (χ4n) is 2.28. The van der Waals surface area contributed by atoms with Gasteiger partial charge in [0.15, 0.2) is 0 Å². The summed E-state index contributed by atoms with van der Waals surface area (Å²) in [6.45, 7) is 4.69. The first-order valence-electron chi connectivity index (χ1n) is 6.79. The minimum Gasteiger partial charge on any atom is -0.330 e. The summed E-state index contributed by atoms with van der Waals surface area (Å²) in [4.78, 5) is 20.4. The van der Waals surface area contributed by atoms with Gasteiger partial charge in [0.05, 0.1) is 0 Å². The Labute approximate surface area is 112 Å². The van der Waals surface area contributed by atoms with E-state index >= 15 is 0 Å². The van der Waals surface area contributed by atoms with Crippen molar-refractivity contribution < 1.29 is 0 Å². The molecule has 2 rings (SSSR count). The first-order valence-corrected chi connectivity index (χ1v) is 6.79. The molecule has 6 heteroatoms. The maximum atomic E-state index is 11.7. The molecule has 0 saturated carbocycles. The molecule has 0 bridgehead atoms. The monoisotopic (exact) mass is 263 g/mol. The van der Waals surface area contributed by atoms with Crippen LogP contribution in [0.2, 0.25) is 0 Å². The highest BCUT2D eigenvalue weighted by atomic mass is 16.1. The van der Waals surface area contributed by atoms with Crippen molar-refractivity contribution in [2.45, 2.75) is 39.5 Å². The number of aromatic nitrogens is 4. The van der Waals surface area contributed by atoms with Crippen molar-refractivity contribution in [2.24, 2.45) is 11.7 Å². The Morgan fingerprint density at radius 1 is 1.42 bits per heavy atom. The maximum Gasteiger partial charge on any atom is 0.274 e. The molecule has 0 spiro atoms. The standard InChI is InChI=1S/C13H21N5O/c1-3-10(6-7-14)4-5-11-16-13-15-9(2)8-12(19)18(13)17-11/h8,10H,3-7,14H2,1-2H3,(H,15,16,17). The molecular formula is C13H21N5O. The molecule has 0 amide bonds. The van der Waals surface area contributed by atoms with Gasteiger partial charge in [-0.2, -0.15) is 9.50 Å². The van der Waals surface area contributed by atoms with Gasteiger partial charge in [-0.05, 0) is 32.2 Å². The van der Waals surface area contributed by atoms with Gasteiger partial charge in [0.1, 0.15) is 5.82 Å². The third kappa shape index (κ3) is 3.20. The molecule has 2 heterocycles. The van der Waals surface area contributed by atoms with Crippen LogP contribution in [0.15, 0.2) is 10.9 Å². The summed E-state index contributed by atoms with van der Waals surface area (Å²) in [5.74, 6) is 1.88. The van der Waals surface area contributed by atoms with Crippen molar-refractivity contribution in [1.29, 1.82) is 0 Å². The van der Waals surface area contributed by atoms with E-state index in [0.717, 1.165) is 38.1 Å². The van der Waals surface area contributed by atoms with E-state index in [1.807, 2.05) is 0 Å². The molecule has 0 aliphatic rings. The van der Waals surface area contributed by atoms with Crippen molar-refractivity contribution in [1.82, 2.24) is 19.6 Å². The molecule has 1 unspecified atom stereocenters. The number of hydrogen-bond acceptors (Lipinski definition) is 4. The molecule has 3 N–H and O–H groups in total. The van der Waals surface area contributed by atoms with Gasteiger partial charge in [0.25, 0.3) is 11.3 Å². The first-order chi connectivity index (χ1) is 9.13. The first kappa shape index (κ1) is 13.7. The molecule has 0 aromatic carbocycles. The van der Waals surface area contributed by atoms with E-state index in [1.54, 1.807) is 6.92 Å². The molecule has 0 radical (unpaired) electrons. The highest BCUT2D eigenvalue weighted by Crippen LogP contribution is 2.14. The van der Waals surface area contributed by atoms with Gasteiger partial charge in [0.2, 0.25) is 0 Å². The highest BCUT2D eigenvalue weighted by molar-refractivity contribution is 5.27. The average molecular weight is 263 g/mol. The van der Waals surface area contributed by atoms with E-state index in [9.17, 15) is 4.79 Å². The van der Waals surface area contributed by atoms with Crippen LogP contribution in [0.5, 0.6) is 0 Å². The zero-order valence-corrected chi connectivity index (χ0v) is 11.5. The van der Waals surface area contributed by atoms with Crippen molar-refractivity contribution >= 4 is 5.78 Å². The summed E-state index contributed by atoms with van der Waals surface area (Å²) < 4.78 is 1.40. The zero-order chi connectivity index (χ0) is 13.8. The van der Waals surface area contributed by atoms with Crippen LogP contribution in [0.25, 0.3) is 5.78 Å². The molecule has 19 heavy (non-hydrogen) atoms. The number of hydrogen-bond donors (Lipinski definition) is 2. The largest absolute Gasteiger partial charge is 0.330 e. The Hall–Kier alpha value is -1.69. The van der Waals surface area contributed by atoms with Crippen LogP contribution in [0.3, 0.4) is 0 Å². The fraction of sp³-hybridized carbons (Fsp3) is 0.615. The lowest BCUT2D eigenvalue weighted by atomic mass is 9.97. The lowest BCUT2D eigenvalue weighted by Gasteiger charge is -2.11. The van der Waals surface area contributed by atoms with Crippen molar-refractivity contribution in [2.75, 3.05) is 6.54 Å². The second-order valence-corrected chi connectivity index (χ2v) is 4.93. The number of rotatable bonds is 6. The van der Waals surface area contributed by atoms with Crippen molar-refractivity contribution in [3.8, 4) is 0 Å². The van der Waals surface area contributed by atoms with Crippen LogP contribution in [-0.4, -0.2) is 26.1 Å². The molecular weight excluding hydrogens is 242 g/mol. The Morgan fingerprint density at radius 3 is 2.89 bits per heavy atom. The van der Waals surface area contributed by atoms with E-state index in [0.29, 0.717) is 17.4 Å². The summed E-state index contributed by atoms with van der Waals surface area (Å²) in [7, 11) is 0. The van der Waals surface area contributed by atoms with Gasteiger partial charge in [-0.3, -0.25) is 9.89 Å². The molecule has 2 aromatic rings. The predicted molar refractivity (Wildman–Crippen MR) is 74.1 cm³/mol. The van der Waals surface area contributed by atoms with E-state index in [2.05, 4.69) is 22.0 Å². The van der Waals surface area contributed by atoms with E-state index < -0.39 is 0 Å². The van der Waals surface area contributed by atoms with Gasteiger partial charge in [-0.25, -0.2) is 4.98 Å². The van der Waals surface area contributed by atoms with Crippen LogP contribution in [0, 0.1) is 12.8 Å². The molecule has 1 atom stereocenters. The smallest absolute Gasteiger partial charge is 0.274 e. The van der Waals surface area contributed by atoms with Gasteiger partial charge in [-0.15, -0.1) is 0 Å². The number of aromatic amines is 1. The second-order valence-electron chi connectivity index (χ2n) is 4.93. The van der Waals surface area contributed by atoms with Gasteiger partial charge >= 0.3 is 0 Å². The number of nitrogens with zero attached hydrogens (tertiary/aromatic N) is 3. The molecule has 0 aliphatic heterocycles.